The van der Waals surface area contributed by atoms with Gasteiger partial charge in [-0.25, -0.2) is 4.98 Å². The number of hydrogen-bond donors (Lipinski definition) is 2. The van der Waals surface area contributed by atoms with Gasteiger partial charge in [-0.2, -0.15) is 0 Å². The zero-order valence-electron chi connectivity index (χ0n) is 15.3. The quantitative estimate of drug-likeness (QED) is 0.585. The van der Waals surface area contributed by atoms with E-state index >= 15 is 0 Å². The molecule has 4 aromatic rings. The number of rotatable bonds is 4. The Morgan fingerprint density at radius 3 is 2.56 bits per heavy atom. The molecule has 0 radical (unpaired) electrons. The lowest BCUT2D eigenvalue weighted by Crippen LogP contribution is -2.18. The summed E-state index contributed by atoms with van der Waals surface area (Å²) in [5.74, 6) is 1.79. The normalized spacial score (nSPS) is 16.0. The maximum absolute atomic E-state index is 10.5. The fraction of sp³-hybridized carbons (Fsp3) is 0.286. The molecular formula is C21H21N5O. The molecule has 5 rings (SSSR count). The van der Waals surface area contributed by atoms with Gasteiger partial charge in [0.05, 0.1) is 16.7 Å². The third-order valence-corrected chi connectivity index (χ3v) is 5.37. The first-order valence-corrected chi connectivity index (χ1v) is 9.17. The first kappa shape index (κ1) is 16.2. The molecule has 0 bridgehead atoms. The van der Waals surface area contributed by atoms with Crippen LogP contribution in [0.15, 0.2) is 54.9 Å². The zero-order chi connectivity index (χ0) is 18.6. The van der Waals surface area contributed by atoms with Crippen LogP contribution in [0.5, 0.6) is 0 Å². The van der Waals surface area contributed by atoms with Crippen LogP contribution in [-0.4, -0.2) is 29.7 Å². The first-order chi connectivity index (χ1) is 13.0. The van der Waals surface area contributed by atoms with Crippen LogP contribution in [0.3, 0.4) is 0 Å². The summed E-state index contributed by atoms with van der Waals surface area (Å²) in [6, 6.07) is 14.0. The lowest BCUT2D eigenvalue weighted by molar-refractivity contribution is 0.0796. The van der Waals surface area contributed by atoms with E-state index in [-0.39, 0.29) is 5.41 Å². The van der Waals surface area contributed by atoms with Crippen molar-refractivity contribution in [2.24, 2.45) is 0 Å². The van der Waals surface area contributed by atoms with Gasteiger partial charge in [-0.15, -0.1) is 10.2 Å². The fourth-order valence-corrected chi connectivity index (χ4v) is 3.73. The Morgan fingerprint density at radius 2 is 1.85 bits per heavy atom. The highest BCUT2D eigenvalue weighted by Gasteiger charge is 2.52. The first-order valence-electron chi connectivity index (χ1n) is 9.17. The number of imidazole rings is 1. The predicted octanol–water partition coefficient (Wildman–Crippen LogP) is 3.43. The second-order valence-corrected chi connectivity index (χ2v) is 7.78. The Morgan fingerprint density at radius 1 is 1.07 bits per heavy atom. The summed E-state index contributed by atoms with van der Waals surface area (Å²) >= 11 is 0. The summed E-state index contributed by atoms with van der Waals surface area (Å²) in [7, 11) is 0. The van der Waals surface area contributed by atoms with E-state index in [1.165, 1.54) is 0 Å². The van der Waals surface area contributed by atoms with Crippen LogP contribution in [0, 0.1) is 0 Å². The molecule has 1 aliphatic carbocycles. The molecule has 3 heterocycles. The van der Waals surface area contributed by atoms with Gasteiger partial charge >= 0.3 is 0 Å². The van der Waals surface area contributed by atoms with Gasteiger partial charge in [0.2, 0.25) is 0 Å². The lowest BCUT2D eigenvalue weighted by atomic mass is 9.99. The van der Waals surface area contributed by atoms with Gasteiger partial charge in [0.1, 0.15) is 5.82 Å². The smallest absolute Gasteiger partial charge is 0.166 e. The Balaban J connectivity index is 1.60. The van der Waals surface area contributed by atoms with Crippen molar-refractivity contribution in [1.82, 2.24) is 24.6 Å². The van der Waals surface area contributed by atoms with E-state index in [0.717, 1.165) is 41.3 Å². The van der Waals surface area contributed by atoms with Gasteiger partial charge < -0.3 is 10.1 Å². The maximum Gasteiger partial charge on any atom is 0.166 e. The van der Waals surface area contributed by atoms with E-state index in [0.29, 0.717) is 5.65 Å². The summed E-state index contributed by atoms with van der Waals surface area (Å²) in [6.07, 6.45) is 5.86. The highest BCUT2D eigenvalue weighted by atomic mass is 16.3. The van der Waals surface area contributed by atoms with Crippen molar-refractivity contribution in [3.63, 3.8) is 0 Å². The largest absolute Gasteiger partial charge is 0.386 e. The molecule has 0 saturated heterocycles. The molecule has 136 valence electrons. The Kier molecular flexibility index (Phi) is 3.30. The third kappa shape index (κ3) is 2.48. The van der Waals surface area contributed by atoms with Gasteiger partial charge in [0, 0.05) is 23.5 Å². The number of nitrogens with one attached hydrogen (secondary N) is 1. The van der Waals surface area contributed by atoms with E-state index in [9.17, 15) is 5.11 Å². The van der Waals surface area contributed by atoms with Gasteiger partial charge in [-0.3, -0.25) is 4.40 Å². The number of hydrogen-bond acceptors (Lipinski definition) is 4. The van der Waals surface area contributed by atoms with Crippen molar-refractivity contribution in [2.45, 2.75) is 37.7 Å². The molecule has 27 heavy (non-hydrogen) atoms. The number of aromatic amines is 1. The monoisotopic (exact) mass is 359 g/mol. The number of fused-ring (bicyclic) bond motifs is 1. The van der Waals surface area contributed by atoms with Crippen molar-refractivity contribution < 1.29 is 5.11 Å². The Hall–Kier alpha value is -2.99. The maximum atomic E-state index is 10.5. The minimum absolute atomic E-state index is 0.245. The summed E-state index contributed by atoms with van der Waals surface area (Å²) in [6.45, 7) is 3.53. The molecule has 1 fully saturated rings. The topological polar surface area (TPSA) is 79.1 Å². The van der Waals surface area contributed by atoms with Crippen molar-refractivity contribution in [2.75, 3.05) is 0 Å². The second-order valence-electron chi connectivity index (χ2n) is 7.78. The van der Waals surface area contributed by atoms with Gasteiger partial charge in [-0.05, 0) is 32.8 Å². The van der Waals surface area contributed by atoms with Crippen LogP contribution >= 0.6 is 0 Å². The molecule has 6 nitrogen and oxygen atoms in total. The van der Waals surface area contributed by atoms with Crippen LogP contribution < -0.4 is 0 Å². The van der Waals surface area contributed by atoms with Crippen LogP contribution in [0.1, 0.15) is 43.9 Å². The van der Waals surface area contributed by atoms with Crippen molar-refractivity contribution in [3.8, 4) is 11.3 Å². The van der Waals surface area contributed by atoms with Crippen molar-refractivity contribution in [1.29, 1.82) is 0 Å². The fourth-order valence-electron chi connectivity index (χ4n) is 3.73. The van der Waals surface area contributed by atoms with Gasteiger partial charge in [0.15, 0.2) is 11.5 Å². The highest BCUT2D eigenvalue weighted by Crippen LogP contribution is 2.52. The van der Waals surface area contributed by atoms with Crippen LogP contribution in [0.25, 0.3) is 16.9 Å². The number of nitrogens with zero attached hydrogens (tertiary/aromatic N) is 4. The third-order valence-electron chi connectivity index (χ3n) is 5.37. The average Bonchev–Trinajstić information content (AvgIpc) is 3.12. The molecule has 0 atom stereocenters. The number of aliphatic hydroxyl groups is 1. The number of benzene rings is 1. The Bertz CT molecular complexity index is 1120. The Labute approximate surface area is 156 Å². The van der Waals surface area contributed by atoms with Gasteiger partial charge in [-0.1, -0.05) is 36.4 Å². The standard InChI is InChI=1S/C21H21N5O/c1-20(2,27)15-9-6-12-26-17(15)24-25-19(26)21(10-11-21)18-22-13-16(23-18)14-7-4-3-5-8-14/h3-9,12-13,27H,10-11H2,1-2H3,(H,22,23). The molecule has 0 unspecified atom stereocenters. The van der Waals surface area contributed by atoms with E-state index in [1.807, 2.05) is 47.1 Å². The molecule has 1 aromatic carbocycles. The van der Waals surface area contributed by atoms with Crippen molar-refractivity contribution in [3.05, 3.63) is 72.1 Å². The summed E-state index contributed by atoms with van der Waals surface area (Å²) in [5.41, 5.74) is 2.26. The molecule has 0 aliphatic heterocycles. The van der Waals surface area contributed by atoms with Crippen LogP contribution in [-0.2, 0) is 11.0 Å². The minimum Gasteiger partial charge on any atom is -0.386 e. The SMILES string of the molecule is CC(C)(O)c1cccn2c(C3(c4nc(-c5ccccc5)c[nH]4)CC3)nnc12. The van der Waals surface area contributed by atoms with E-state index in [2.05, 4.69) is 27.3 Å². The number of pyridine rings is 1. The molecule has 0 amide bonds. The average molecular weight is 359 g/mol. The number of H-pyrrole nitrogens is 1. The molecule has 1 saturated carbocycles. The van der Waals surface area contributed by atoms with E-state index < -0.39 is 5.60 Å². The predicted molar refractivity (Wildman–Crippen MR) is 102 cm³/mol. The van der Waals surface area contributed by atoms with Crippen molar-refractivity contribution >= 4 is 5.65 Å². The van der Waals surface area contributed by atoms with Crippen LogP contribution in [0.2, 0.25) is 0 Å². The summed E-state index contributed by atoms with van der Waals surface area (Å²) in [4.78, 5) is 8.23. The molecule has 6 heteroatoms. The van der Waals surface area contributed by atoms with E-state index in [1.54, 1.807) is 13.8 Å². The van der Waals surface area contributed by atoms with Gasteiger partial charge in [0.25, 0.3) is 0 Å². The molecule has 2 N–H and O–H groups in total. The molecular weight excluding hydrogens is 338 g/mol. The molecule has 1 aliphatic rings. The van der Waals surface area contributed by atoms with E-state index in [4.69, 9.17) is 4.98 Å². The second kappa shape index (κ2) is 5.50. The zero-order valence-corrected chi connectivity index (χ0v) is 15.3. The minimum atomic E-state index is -0.977. The summed E-state index contributed by atoms with van der Waals surface area (Å²) in [5, 5.41) is 19.4. The molecule has 0 spiro atoms. The van der Waals surface area contributed by atoms with Crippen LogP contribution in [0.4, 0.5) is 0 Å². The molecule has 3 aromatic heterocycles. The summed E-state index contributed by atoms with van der Waals surface area (Å²) < 4.78 is 1.99. The number of aromatic nitrogens is 5. The highest BCUT2D eigenvalue weighted by molar-refractivity contribution is 5.59. The lowest BCUT2D eigenvalue weighted by Gasteiger charge is -2.18.